The van der Waals surface area contributed by atoms with Gasteiger partial charge in [-0.15, -0.1) is 11.6 Å². The fourth-order valence-electron chi connectivity index (χ4n) is 2.32. The highest BCUT2D eigenvalue weighted by molar-refractivity contribution is 6.27. The van der Waals surface area contributed by atoms with Crippen LogP contribution in [0, 0.1) is 0 Å². The van der Waals surface area contributed by atoms with Crippen LogP contribution < -0.4 is 0 Å². The van der Waals surface area contributed by atoms with E-state index in [4.69, 9.17) is 16.3 Å². The van der Waals surface area contributed by atoms with Gasteiger partial charge >= 0.3 is 6.09 Å². The number of hydrogen-bond acceptors (Lipinski definition) is 3. The molecule has 116 valence electrons. The van der Waals surface area contributed by atoms with Gasteiger partial charge in [-0.2, -0.15) is 0 Å². The monoisotopic (exact) mass is 304 g/mol. The first kappa shape index (κ1) is 17.1. The molecule has 0 bridgehead atoms. The smallest absolute Gasteiger partial charge is 0.410 e. The number of carbonyl (C=O) groups excluding carboxylic acids is 2. The molecule has 0 aromatic carbocycles. The Morgan fingerprint density at radius 1 is 1.40 bits per heavy atom. The molecule has 0 radical (unpaired) electrons. The zero-order valence-corrected chi connectivity index (χ0v) is 13.6. The van der Waals surface area contributed by atoms with Crippen molar-refractivity contribution in [2.24, 2.45) is 0 Å². The molecule has 1 atom stereocenters. The normalized spacial score (nSPS) is 19.1. The number of carbonyl (C=O) groups is 2. The van der Waals surface area contributed by atoms with Gasteiger partial charge in [-0.1, -0.05) is 6.92 Å². The third-order valence-electron chi connectivity index (χ3n) is 3.16. The molecule has 1 aliphatic heterocycles. The minimum atomic E-state index is -0.496. The van der Waals surface area contributed by atoms with Gasteiger partial charge in [0.15, 0.2) is 0 Å². The van der Waals surface area contributed by atoms with Crippen molar-refractivity contribution < 1.29 is 14.3 Å². The topological polar surface area (TPSA) is 49.9 Å². The first-order valence-corrected chi connectivity index (χ1v) is 7.65. The summed E-state index contributed by atoms with van der Waals surface area (Å²) >= 11 is 5.65. The maximum atomic E-state index is 12.0. The third kappa shape index (κ3) is 4.85. The minimum absolute atomic E-state index is 0.0110. The van der Waals surface area contributed by atoms with E-state index in [1.54, 1.807) is 9.80 Å². The number of amides is 2. The van der Waals surface area contributed by atoms with Crippen molar-refractivity contribution in [1.29, 1.82) is 0 Å². The summed E-state index contributed by atoms with van der Waals surface area (Å²) < 4.78 is 5.35. The summed E-state index contributed by atoms with van der Waals surface area (Å²) in [5.41, 5.74) is -0.496. The van der Waals surface area contributed by atoms with Crippen LogP contribution in [-0.4, -0.2) is 59.0 Å². The molecule has 20 heavy (non-hydrogen) atoms. The second-order valence-corrected chi connectivity index (χ2v) is 6.36. The molecule has 0 spiro atoms. The number of halogens is 1. The van der Waals surface area contributed by atoms with Crippen LogP contribution in [0.3, 0.4) is 0 Å². The number of hydrogen-bond donors (Lipinski definition) is 0. The van der Waals surface area contributed by atoms with Crippen molar-refractivity contribution in [2.75, 3.05) is 25.5 Å². The largest absolute Gasteiger partial charge is 0.444 e. The summed E-state index contributed by atoms with van der Waals surface area (Å²) in [6.45, 7) is 9.39. The predicted octanol–water partition coefficient (Wildman–Crippen LogP) is 2.47. The molecule has 6 heteroatoms. The van der Waals surface area contributed by atoms with Gasteiger partial charge in [0.2, 0.25) is 5.91 Å². The molecule has 0 aromatic rings. The summed E-state index contributed by atoms with van der Waals surface area (Å²) in [6.07, 6.45) is 1.35. The molecular weight excluding hydrogens is 280 g/mol. The number of rotatable bonds is 4. The first-order chi connectivity index (χ1) is 9.28. The third-order valence-corrected chi connectivity index (χ3v) is 3.38. The number of alkyl halides is 1. The van der Waals surface area contributed by atoms with Crippen LogP contribution in [0.5, 0.6) is 0 Å². The second-order valence-electron chi connectivity index (χ2n) is 6.09. The fourth-order valence-corrected chi connectivity index (χ4v) is 2.47. The van der Waals surface area contributed by atoms with Crippen LogP contribution in [-0.2, 0) is 9.53 Å². The van der Waals surface area contributed by atoms with Gasteiger partial charge in [-0.25, -0.2) is 4.79 Å². The number of nitrogens with zero attached hydrogens (tertiary/aromatic N) is 2. The Hall–Kier alpha value is -0.970. The van der Waals surface area contributed by atoms with Crippen LogP contribution in [0.25, 0.3) is 0 Å². The van der Waals surface area contributed by atoms with Crippen LogP contribution in [0.1, 0.15) is 40.5 Å². The Balaban J connectivity index is 2.60. The quantitative estimate of drug-likeness (QED) is 0.750. The SMILES string of the molecule is CCCN(C(=O)CCl)C1CCN(C(=O)OC(C)(C)C)C1. The van der Waals surface area contributed by atoms with Gasteiger partial charge in [-0.05, 0) is 33.6 Å². The summed E-state index contributed by atoms with van der Waals surface area (Å²) in [5.74, 6) is -0.0762. The fraction of sp³-hybridized carbons (Fsp3) is 0.857. The zero-order valence-electron chi connectivity index (χ0n) is 12.8. The van der Waals surface area contributed by atoms with Gasteiger partial charge in [0.25, 0.3) is 0 Å². The van der Waals surface area contributed by atoms with E-state index >= 15 is 0 Å². The molecule has 1 heterocycles. The van der Waals surface area contributed by atoms with Crippen LogP contribution in [0.15, 0.2) is 0 Å². The van der Waals surface area contributed by atoms with Crippen LogP contribution >= 0.6 is 11.6 Å². The molecule has 1 aliphatic rings. The maximum absolute atomic E-state index is 12.0. The minimum Gasteiger partial charge on any atom is -0.444 e. The average Bonchev–Trinajstić information content (AvgIpc) is 2.82. The second kappa shape index (κ2) is 7.16. The molecule has 0 aromatic heterocycles. The summed E-state index contributed by atoms with van der Waals surface area (Å²) in [7, 11) is 0. The zero-order chi connectivity index (χ0) is 15.3. The van der Waals surface area contributed by atoms with E-state index in [2.05, 4.69) is 0 Å². The van der Waals surface area contributed by atoms with Gasteiger partial charge in [0.1, 0.15) is 11.5 Å². The van der Waals surface area contributed by atoms with Crippen molar-refractivity contribution >= 4 is 23.6 Å². The molecule has 0 N–H and O–H groups in total. The lowest BCUT2D eigenvalue weighted by Gasteiger charge is -2.29. The Morgan fingerprint density at radius 2 is 2.05 bits per heavy atom. The van der Waals surface area contributed by atoms with E-state index < -0.39 is 5.60 Å². The number of likely N-dealkylation sites (tertiary alicyclic amines) is 1. The molecular formula is C14H25ClN2O3. The van der Waals surface area contributed by atoms with Gasteiger partial charge in [0, 0.05) is 19.6 Å². The van der Waals surface area contributed by atoms with Crippen molar-refractivity contribution in [3.05, 3.63) is 0 Å². The Labute approximate surface area is 126 Å². The lowest BCUT2D eigenvalue weighted by molar-refractivity contribution is -0.130. The molecule has 5 nitrogen and oxygen atoms in total. The molecule has 0 aliphatic carbocycles. The average molecular weight is 305 g/mol. The van der Waals surface area contributed by atoms with E-state index in [1.165, 1.54) is 0 Å². The van der Waals surface area contributed by atoms with Gasteiger partial charge in [0.05, 0.1) is 6.04 Å². The molecule has 1 rings (SSSR count). The first-order valence-electron chi connectivity index (χ1n) is 7.12. The molecule has 1 fully saturated rings. The van der Waals surface area contributed by atoms with Gasteiger partial charge < -0.3 is 14.5 Å². The van der Waals surface area contributed by atoms with Gasteiger partial charge in [-0.3, -0.25) is 4.79 Å². The molecule has 1 saturated heterocycles. The molecule has 0 saturated carbocycles. The van der Waals surface area contributed by atoms with Crippen LogP contribution in [0.4, 0.5) is 4.79 Å². The van der Waals surface area contributed by atoms with E-state index in [1.807, 2.05) is 27.7 Å². The number of ether oxygens (including phenoxy) is 1. The maximum Gasteiger partial charge on any atom is 0.410 e. The van der Waals surface area contributed by atoms with E-state index in [0.29, 0.717) is 19.6 Å². The van der Waals surface area contributed by atoms with Crippen molar-refractivity contribution in [2.45, 2.75) is 52.2 Å². The van der Waals surface area contributed by atoms with Crippen molar-refractivity contribution in [3.8, 4) is 0 Å². The highest BCUT2D eigenvalue weighted by Gasteiger charge is 2.34. The Morgan fingerprint density at radius 3 is 2.55 bits per heavy atom. The standard InChI is InChI=1S/C14H25ClN2O3/c1-5-7-17(12(18)9-15)11-6-8-16(10-11)13(19)20-14(2,3)4/h11H,5-10H2,1-4H3. The lowest BCUT2D eigenvalue weighted by Crippen LogP contribution is -2.44. The summed E-state index contributed by atoms with van der Waals surface area (Å²) in [6, 6.07) is 0.0497. The van der Waals surface area contributed by atoms with E-state index in [-0.39, 0.29) is 23.9 Å². The predicted molar refractivity (Wildman–Crippen MR) is 78.9 cm³/mol. The Bertz CT molecular complexity index is 355. The van der Waals surface area contributed by atoms with Crippen LogP contribution in [0.2, 0.25) is 0 Å². The Kier molecular flexibility index (Phi) is 6.11. The highest BCUT2D eigenvalue weighted by Crippen LogP contribution is 2.19. The molecule has 2 amide bonds. The molecule has 1 unspecified atom stereocenters. The highest BCUT2D eigenvalue weighted by atomic mass is 35.5. The van der Waals surface area contributed by atoms with Crippen molar-refractivity contribution in [1.82, 2.24) is 9.80 Å². The van der Waals surface area contributed by atoms with E-state index in [0.717, 1.165) is 12.8 Å². The van der Waals surface area contributed by atoms with E-state index in [9.17, 15) is 9.59 Å². The van der Waals surface area contributed by atoms with Crippen molar-refractivity contribution in [3.63, 3.8) is 0 Å². The summed E-state index contributed by atoms with van der Waals surface area (Å²) in [5, 5.41) is 0. The lowest BCUT2D eigenvalue weighted by atomic mass is 10.2. The summed E-state index contributed by atoms with van der Waals surface area (Å²) in [4.78, 5) is 27.3.